The van der Waals surface area contributed by atoms with Crippen LogP contribution in [0, 0.1) is 0 Å². The molecule has 0 amide bonds. The topological polar surface area (TPSA) is 9.23 Å². The van der Waals surface area contributed by atoms with Crippen LogP contribution < -0.4 is 48.0 Å². The molecule has 0 radical (unpaired) electrons. The van der Waals surface area contributed by atoms with Crippen LogP contribution in [0.4, 0.5) is 0 Å². The Morgan fingerprint density at radius 3 is 1.18 bits per heavy atom. The molecule has 0 aliphatic carbocycles. The van der Waals surface area contributed by atoms with Crippen molar-refractivity contribution in [1.29, 1.82) is 0 Å². The van der Waals surface area contributed by atoms with Gasteiger partial charge in [-0.2, -0.15) is 0 Å². The van der Waals surface area contributed by atoms with Gasteiger partial charge in [0.25, 0.3) is 0 Å². The Balaban J connectivity index is -0.000000980. The van der Waals surface area contributed by atoms with Gasteiger partial charge in [-0.1, -0.05) is 0 Å². The minimum Gasteiger partial charge on any atom is -1.00 e. The molecule has 0 atom stereocenters. The van der Waals surface area contributed by atoms with Gasteiger partial charge in [0.15, 0.2) is 0 Å². The molecule has 0 aromatic carbocycles. The monoisotopic (exact) mass is 472 g/mol. The number of nitrogens with zero attached hydrogens (tertiary/aromatic N) is 2. The van der Waals surface area contributed by atoms with Crippen LogP contribution in [0.1, 0.15) is 12.8 Å². The third-order valence-electron chi connectivity index (χ3n) is 2.24. The normalized spacial score (nSPS) is 11.6. The zero-order valence-electron chi connectivity index (χ0n) is 12.3. The number of hydrogen-bond acceptors (Lipinski definition) is 1. The Bertz CT molecular complexity index is 147. The molecule has 0 bridgehead atoms. The molecule has 0 N–H and O–H groups in total. The molecule has 0 saturated carbocycles. The highest BCUT2D eigenvalue weighted by Gasteiger charge is 2.07. The maximum Gasteiger partial charge on any atom is 0.0802 e. The van der Waals surface area contributed by atoms with Crippen LogP contribution in [0.3, 0.4) is 0 Å². The van der Waals surface area contributed by atoms with Gasteiger partial charge < -0.3 is 61.7 Å². The van der Waals surface area contributed by atoms with Gasteiger partial charge in [0, 0.05) is 12.8 Å². The lowest BCUT2D eigenvalue weighted by Crippen LogP contribution is -3.00. The minimum absolute atomic E-state index is 0. The standard InChI is InChI=1S/C12H30N2O.2HI/c1-13(2,3)9-7-11-15-12-8-10-14(4,5)6;;/h7-12H2,1-6H3;2*1H/q+2;;/p-2. The summed E-state index contributed by atoms with van der Waals surface area (Å²) < 4.78 is 7.66. The fourth-order valence-electron chi connectivity index (χ4n) is 1.38. The Kier molecular flexibility index (Phi) is 15.4. The van der Waals surface area contributed by atoms with Crippen molar-refractivity contribution in [3.05, 3.63) is 0 Å². The first-order chi connectivity index (χ1) is 6.71. The number of ether oxygens (including phenoxy) is 1. The third-order valence-corrected chi connectivity index (χ3v) is 2.24. The first-order valence-electron chi connectivity index (χ1n) is 5.89. The maximum absolute atomic E-state index is 5.60. The van der Waals surface area contributed by atoms with E-state index < -0.39 is 0 Å². The van der Waals surface area contributed by atoms with Crippen LogP contribution in [0.25, 0.3) is 0 Å². The van der Waals surface area contributed by atoms with Gasteiger partial charge >= 0.3 is 0 Å². The number of hydrogen-bond donors (Lipinski definition) is 0. The maximum atomic E-state index is 5.60. The lowest BCUT2D eigenvalue weighted by molar-refractivity contribution is -0.871. The van der Waals surface area contributed by atoms with Gasteiger partial charge in [0.2, 0.25) is 0 Å². The van der Waals surface area contributed by atoms with Crippen molar-refractivity contribution in [3.8, 4) is 0 Å². The summed E-state index contributed by atoms with van der Waals surface area (Å²) in [7, 11) is 13.3. The van der Waals surface area contributed by atoms with E-state index in [-0.39, 0.29) is 48.0 Å². The molecule has 0 aliphatic rings. The highest BCUT2D eigenvalue weighted by molar-refractivity contribution is 4.37. The lowest BCUT2D eigenvalue weighted by atomic mass is 10.4. The van der Waals surface area contributed by atoms with E-state index in [1.165, 1.54) is 13.1 Å². The summed E-state index contributed by atoms with van der Waals surface area (Å²) >= 11 is 0. The van der Waals surface area contributed by atoms with Gasteiger partial charge in [-0.25, -0.2) is 0 Å². The molecule has 3 nitrogen and oxygen atoms in total. The van der Waals surface area contributed by atoms with E-state index in [0.29, 0.717) is 0 Å². The van der Waals surface area contributed by atoms with E-state index in [9.17, 15) is 0 Å². The van der Waals surface area contributed by atoms with Crippen LogP contribution >= 0.6 is 0 Å². The van der Waals surface area contributed by atoms with Gasteiger partial charge in [-0.3, -0.25) is 0 Å². The van der Waals surface area contributed by atoms with Crippen LogP contribution in [0.5, 0.6) is 0 Å². The Morgan fingerprint density at radius 2 is 0.941 bits per heavy atom. The average molecular weight is 472 g/mol. The van der Waals surface area contributed by atoms with Crippen molar-refractivity contribution in [3.63, 3.8) is 0 Å². The van der Waals surface area contributed by atoms with E-state index in [4.69, 9.17) is 4.74 Å². The van der Waals surface area contributed by atoms with Crippen LogP contribution in [0.15, 0.2) is 0 Å². The zero-order valence-corrected chi connectivity index (χ0v) is 16.6. The summed E-state index contributed by atoms with van der Waals surface area (Å²) in [5.41, 5.74) is 0. The van der Waals surface area contributed by atoms with Gasteiger partial charge in [0.05, 0.1) is 68.6 Å². The summed E-state index contributed by atoms with van der Waals surface area (Å²) in [5, 5.41) is 0. The van der Waals surface area contributed by atoms with Crippen LogP contribution in [-0.4, -0.2) is 77.6 Å². The van der Waals surface area contributed by atoms with Crippen molar-refractivity contribution in [2.75, 3.05) is 68.6 Å². The molecule has 0 fully saturated rings. The Labute approximate surface area is 142 Å². The van der Waals surface area contributed by atoms with Gasteiger partial charge in [0.1, 0.15) is 0 Å². The summed E-state index contributed by atoms with van der Waals surface area (Å²) in [6.45, 7) is 4.20. The number of quaternary nitrogens is 2. The molecule has 17 heavy (non-hydrogen) atoms. The summed E-state index contributed by atoms with van der Waals surface area (Å²) in [6.07, 6.45) is 2.32. The Hall–Kier alpha value is 1.34. The minimum atomic E-state index is 0. The molecule has 0 saturated heterocycles. The quantitative estimate of drug-likeness (QED) is 0.196. The van der Waals surface area contributed by atoms with Crippen molar-refractivity contribution >= 4 is 0 Å². The van der Waals surface area contributed by atoms with E-state index in [1.807, 2.05) is 0 Å². The average Bonchev–Trinajstić information content (AvgIpc) is 1.98. The van der Waals surface area contributed by atoms with Gasteiger partial charge in [-0.05, 0) is 0 Å². The molecular formula is C12H30I2N2O. The van der Waals surface area contributed by atoms with E-state index >= 15 is 0 Å². The molecule has 0 unspecified atom stereocenters. The second-order valence-electron chi connectivity index (χ2n) is 6.35. The first kappa shape index (κ1) is 23.4. The first-order valence-corrected chi connectivity index (χ1v) is 5.89. The molecule has 0 aliphatic heterocycles. The smallest absolute Gasteiger partial charge is 0.0802 e. The fourth-order valence-corrected chi connectivity index (χ4v) is 1.38. The molecule has 5 heteroatoms. The van der Waals surface area contributed by atoms with Crippen molar-refractivity contribution < 1.29 is 61.7 Å². The SMILES string of the molecule is C[N+](C)(C)CCCOCCC[N+](C)(C)C.[I-].[I-]. The molecule has 0 heterocycles. The number of halogens is 2. The molecular weight excluding hydrogens is 442 g/mol. The molecule has 0 aromatic heterocycles. The van der Waals surface area contributed by atoms with E-state index in [2.05, 4.69) is 42.3 Å². The zero-order chi connectivity index (χ0) is 11.9. The highest BCUT2D eigenvalue weighted by atomic mass is 127. The molecule has 108 valence electrons. The van der Waals surface area contributed by atoms with Crippen molar-refractivity contribution in [1.82, 2.24) is 0 Å². The molecule has 0 aromatic rings. The fraction of sp³-hybridized carbons (Fsp3) is 1.00. The highest BCUT2D eigenvalue weighted by Crippen LogP contribution is 1.96. The predicted octanol–water partition coefficient (Wildman–Crippen LogP) is -4.80. The lowest BCUT2D eigenvalue weighted by Gasteiger charge is -2.24. The largest absolute Gasteiger partial charge is 1.00 e. The summed E-state index contributed by atoms with van der Waals surface area (Å²) in [5.74, 6) is 0. The van der Waals surface area contributed by atoms with E-state index in [0.717, 1.165) is 35.0 Å². The van der Waals surface area contributed by atoms with Crippen molar-refractivity contribution in [2.45, 2.75) is 12.8 Å². The number of rotatable bonds is 8. The summed E-state index contributed by atoms with van der Waals surface area (Å²) in [4.78, 5) is 0. The van der Waals surface area contributed by atoms with Crippen LogP contribution in [-0.2, 0) is 4.74 Å². The summed E-state index contributed by atoms with van der Waals surface area (Å²) in [6, 6.07) is 0. The Morgan fingerprint density at radius 1 is 0.647 bits per heavy atom. The molecule has 0 spiro atoms. The van der Waals surface area contributed by atoms with Gasteiger partial charge in [-0.15, -0.1) is 0 Å². The predicted molar refractivity (Wildman–Crippen MR) is 65.9 cm³/mol. The second kappa shape index (κ2) is 11.2. The third kappa shape index (κ3) is 22.9. The molecule has 0 rings (SSSR count). The van der Waals surface area contributed by atoms with Crippen molar-refractivity contribution in [2.24, 2.45) is 0 Å². The van der Waals surface area contributed by atoms with E-state index in [1.54, 1.807) is 0 Å². The second-order valence-corrected chi connectivity index (χ2v) is 6.35. The van der Waals surface area contributed by atoms with Crippen LogP contribution in [0.2, 0.25) is 0 Å².